The number of morpholine rings is 1. The van der Waals surface area contributed by atoms with Crippen LogP contribution < -0.4 is 15.8 Å². The fourth-order valence-corrected chi connectivity index (χ4v) is 4.53. The summed E-state index contributed by atoms with van der Waals surface area (Å²) in [5.74, 6) is 1.46. The molecule has 2 aliphatic heterocycles. The minimum atomic E-state index is 0.129. The molecule has 3 heterocycles. The van der Waals surface area contributed by atoms with Crippen molar-refractivity contribution in [2.75, 3.05) is 44.9 Å². The van der Waals surface area contributed by atoms with Gasteiger partial charge in [0.15, 0.2) is 0 Å². The van der Waals surface area contributed by atoms with E-state index in [0.29, 0.717) is 18.6 Å². The molecule has 0 spiro atoms. The van der Waals surface area contributed by atoms with Crippen molar-refractivity contribution in [3.05, 3.63) is 18.1 Å². The summed E-state index contributed by atoms with van der Waals surface area (Å²) < 4.78 is 16.9. The van der Waals surface area contributed by atoms with Crippen LogP contribution in [0.3, 0.4) is 0 Å². The number of nitrogens with one attached hydrogen (secondary N) is 2. The van der Waals surface area contributed by atoms with Gasteiger partial charge in [-0.05, 0) is 26.2 Å². The maximum Gasteiger partial charge on any atom is 0.132 e. The zero-order chi connectivity index (χ0) is 18.6. The van der Waals surface area contributed by atoms with Crippen molar-refractivity contribution < 1.29 is 14.2 Å². The van der Waals surface area contributed by atoms with Gasteiger partial charge in [0, 0.05) is 38.2 Å². The average Bonchev–Trinajstić information content (AvgIpc) is 3.12. The summed E-state index contributed by atoms with van der Waals surface area (Å²) in [6, 6.07) is 2.78. The predicted molar refractivity (Wildman–Crippen MR) is 101 cm³/mol. The molecule has 4 rings (SSSR count). The van der Waals surface area contributed by atoms with E-state index in [0.717, 1.165) is 57.1 Å². The number of nitrogens with zero attached hydrogens (tertiary/aromatic N) is 3. The number of hydrogen-bond acceptors (Lipinski definition) is 8. The summed E-state index contributed by atoms with van der Waals surface area (Å²) in [6.45, 7) is 5.99. The van der Waals surface area contributed by atoms with E-state index in [2.05, 4.69) is 38.7 Å². The van der Waals surface area contributed by atoms with Gasteiger partial charge < -0.3 is 19.1 Å². The largest absolute Gasteiger partial charge is 0.382 e. The van der Waals surface area contributed by atoms with Gasteiger partial charge in [0.2, 0.25) is 0 Å². The zero-order valence-corrected chi connectivity index (χ0v) is 16.3. The molecule has 4 unspecified atom stereocenters. The Morgan fingerprint density at radius 2 is 2.11 bits per heavy atom. The highest BCUT2D eigenvalue weighted by molar-refractivity contribution is 5.40. The number of hydrazine groups is 1. The fourth-order valence-electron chi connectivity index (χ4n) is 4.53. The summed E-state index contributed by atoms with van der Waals surface area (Å²) in [5.41, 5.74) is 8.01. The molecule has 8 heteroatoms. The highest BCUT2D eigenvalue weighted by Crippen LogP contribution is 2.39. The minimum absolute atomic E-state index is 0.129. The van der Waals surface area contributed by atoms with E-state index in [4.69, 9.17) is 14.2 Å². The molecule has 27 heavy (non-hydrogen) atoms. The van der Waals surface area contributed by atoms with Gasteiger partial charge in [-0.2, -0.15) is 0 Å². The van der Waals surface area contributed by atoms with Crippen molar-refractivity contribution in [1.29, 1.82) is 0 Å². The second-order valence-corrected chi connectivity index (χ2v) is 7.77. The van der Waals surface area contributed by atoms with Crippen LogP contribution in [0.2, 0.25) is 0 Å². The molecule has 0 amide bonds. The Morgan fingerprint density at radius 3 is 2.93 bits per heavy atom. The second kappa shape index (κ2) is 8.79. The van der Waals surface area contributed by atoms with Crippen LogP contribution in [0.15, 0.2) is 12.4 Å². The third-order valence-electron chi connectivity index (χ3n) is 5.86. The second-order valence-electron chi connectivity index (χ2n) is 7.77. The van der Waals surface area contributed by atoms with E-state index in [9.17, 15) is 0 Å². The standard InChI is InChI=1S/C19H31N5O3/c1-13(11-25-2)27-14-3-4-16-15(9-14)19(23-22-16)17-10-18(21-12-20-17)24-5-7-26-8-6-24/h10,12-16,19,22-23H,3-9,11H2,1-2H3/t13-,14?,15?,16?,19?/m0/s1. The Morgan fingerprint density at radius 1 is 1.26 bits per heavy atom. The maximum absolute atomic E-state index is 6.21. The number of methoxy groups -OCH3 is 1. The Labute approximate surface area is 160 Å². The smallest absolute Gasteiger partial charge is 0.132 e. The molecule has 1 aromatic rings. The third-order valence-corrected chi connectivity index (χ3v) is 5.86. The van der Waals surface area contributed by atoms with E-state index < -0.39 is 0 Å². The summed E-state index contributed by atoms with van der Waals surface area (Å²) in [5, 5.41) is 0. The molecule has 1 aliphatic carbocycles. The van der Waals surface area contributed by atoms with Crippen molar-refractivity contribution in [2.45, 2.75) is 50.5 Å². The number of aromatic nitrogens is 2. The predicted octanol–water partition coefficient (Wildman–Crippen LogP) is 1.05. The van der Waals surface area contributed by atoms with Gasteiger partial charge in [-0.25, -0.2) is 15.4 Å². The van der Waals surface area contributed by atoms with Crippen molar-refractivity contribution >= 4 is 5.82 Å². The highest BCUT2D eigenvalue weighted by atomic mass is 16.5. The summed E-state index contributed by atoms with van der Waals surface area (Å²) in [4.78, 5) is 11.3. The molecule has 1 aromatic heterocycles. The normalized spacial score (nSPS) is 32.3. The molecule has 3 fully saturated rings. The number of rotatable bonds is 6. The van der Waals surface area contributed by atoms with Gasteiger partial charge in [-0.3, -0.25) is 5.43 Å². The van der Waals surface area contributed by atoms with Crippen molar-refractivity contribution in [1.82, 2.24) is 20.8 Å². The quantitative estimate of drug-likeness (QED) is 0.762. The van der Waals surface area contributed by atoms with Crippen molar-refractivity contribution in [2.24, 2.45) is 5.92 Å². The van der Waals surface area contributed by atoms with Crippen molar-refractivity contribution in [3.63, 3.8) is 0 Å². The molecule has 2 saturated heterocycles. The van der Waals surface area contributed by atoms with E-state index in [1.165, 1.54) is 0 Å². The molecule has 5 atom stereocenters. The van der Waals surface area contributed by atoms with Gasteiger partial charge in [0.1, 0.15) is 12.1 Å². The molecular formula is C19H31N5O3. The lowest BCUT2D eigenvalue weighted by atomic mass is 9.79. The third kappa shape index (κ3) is 4.41. The molecule has 150 valence electrons. The SMILES string of the molecule is COC[C@H](C)OC1CCC2NNC(c3cc(N4CCOCC4)ncn3)C2C1. The Bertz CT molecular complexity index is 613. The first-order valence-electron chi connectivity index (χ1n) is 10.0. The minimum Gasteiger partial charge on any atom is -0.382 e. The first-order chi connectivity index (χ1) is 13.2. The first kappa shape index (κ1) is 19.0. The number of ether oxygens (including phenoxy) is 3. The van der Waals surface area contributed by atoms with E-state index in [1.54, 1.807) is 13.4 Å². The van der Waals surface area contributed by atoms with E-state index in [1.807, 2.05) is 0 Å². The van der Waals surface area contributed by atoms with Crippen LogP contribution in [0.5, 0.6) is 0 Å². The van der Waals surface area contributed by atoms with Crippen LogP contribution in [-0.2, 0) is 14.2 Å². The fraction of sp³-hybridized carbons (Fsp3) is 0.789. The maximum atomic E-state index is 6.21. The lowest BCUT2D eigenvalue weighted by molar-refractivity contribution is -0.0623. The van der Waals surface area contributed by atoms with E-state index >= 15 is 0 Å². The topological polar surface area (TPSA) is 80.8 Å². The lowest BCUT2D eigenvalue weighted by Gasteiger charge is -2.34. The summed E-state index contributed by atoms with van der Waals surface area (Å²) in [6.07, 6.45) is 5.32. The molecule has 0 radical (unpaired) electrons. The molecule has 3 aliphatic rings. The number of fused-ring (bicyclic) bond motifs is 1. The van der Waals surface area contributed by atoms with Crippen LogP contribution in [0, 0.1) is 5.92 Å². The van der Waals surface area contributed by atoms with Gasteiger partial charge in [-0.1, -0.05) is 0 Å². The Kier molecular flexibility index (Phi) is 6.19. The number of anilines is 1. The molecule has 0 bridgehead atoms. The van der Waals surface area contributed by atoms with Gasteiger partial charge in [0.25, 0.3) is 0 Å². The highest BCUT2D eigenvalue weighted by Gasteiger charge is 2.42. The summed E-state index contributed by atoms with van der Waals surface area (Å²) >= 11 is 0. The zero-order valence-electron chi connectivity index (χ0n) is 16.3. The Hall–Kier alpha value is -1.32. The van der Waals surface area contributed by atoms with Gasteiger partial charge in [-0.15, -0.1) is 0 Å². The van der Waals surface area contributed by atoms with Crippen LogP contribution in [0.4, 0.5) is 5.82 Å². The molecule has 1 saturated carbocycles. The first-order valence-corrected chi connectivity index (χ1v) is 10.0. The van der Waals surface area contributed by atoms with E-state index in [-0.39, 0.29) is 18.2 Å². The van der Waals surface area contributed by atoms with Crippen LogP contribution in [0.1, 0.15) is 37.9 Å². The van der Waals surface area contributed by atoms with Crippen LogP contribution in [-0.4, -0.2) is 68.2 Å². The van der Waals surface area contributed by atoms with Gasteiger partial charge in [0.05, 0.1) is 43.8 Å². The van der Waals surface area contributed by atoms with Crippen LogP contribution >= 0.6 is 0 Å². The molecule has 8 nitrogen and oxygen atoms in total. The average molecular weight is 377 g/mol. The van der Waals surface area contributed by atoms with Gasteiger partial charge >= 0.3 is 0 Å². The molecule has 2 N–H and O–H groups in total. The molecular weight excluding hydrogens is 346 g/mol. The monoisotopic (exact) mass is 377 g/mol. The lowest BCUT2D eigenvalue weighted by Crippen LogP contribution is -2.38. The van der Waals surface area contributed by atoms with Crippen LogP contribution in [0.25, 0.3) is 0 Å². The van der Waals surface area contributed by atoms with Crippen molar-refractivity contribution in [3.8, 4) is 0 Å². The molecule has 0 aromatic carbocycles. The summed E-state index contributed by atoms with van der Waals surface area (Å²) in [7, 11) is 1.72. The number of hydrogen-bond donors (Lipinski definition) is 2. The Balaban J connectivity index is 1.44.